The smallest absolute Gasteiger partial charge is 0.317 e. The molecule has 0 aliphatic carbocycles. The van der Waals surface area contributed by atoms with Crippen molar-refractivity contribution in [1.29, 1.82) is 0 Å². The number of hydrogen-bond donors (Lipinski definition) is 1. The second-order valence-corrected chi connectivity index (χ2v) is 3.80. The number of rotatable bonds is 5. The first-order valence-electron chi connectivity index (χ1n) is 3.99. The van der Waals surface area contributed by atoms with Gasteiger partial charge >= 0.3 is 11.9 Å². The first-order valence-corrected chi connectivity index (χ1v) is 3.99. The maximum absolute atomic E-state index is 10.7. The second kappa shape index (κ2) is 6.99. The lowest BCUT2D eigenvalue weighted by atomic mass is 10.4. The third-order valence-electron chi connectivity index (χ3n) is 1.32. The van der Waals surface area contributed by atoms with Gasteiger partial charge in [-0.1, -0.05) is 0 Å². The summed E-state index contributed by atoms with van der Waals surface area (Å²) in [5.41, 5.74) is 0. The first-order chi connectivity index (χ1) is 5.81. The van der Waals surface area contributed by atoms with Gasteiger partial charge in [0.05, 0.1) is 21.1 Å². The molecule has 0 aromatic heterocycles. The standard InChI is InChI=1S/C8H15NO4.HI/c1-9(2,3)4-5-13-8(12)6-7(10)11;/h4-6H2,1-3H3;1H. The van der Waals surface area contributed by atoms with E-state index in [1.165, 1.54) is 0 Å². The van der Waals surface area contributed by atoms with Crippen LogP contribution in [0.5, 0.6) is 0 Å². The third kappa shape index (κ3) is 11.6. The maximum atomic E-state index is 10.7. The largest absolute Gasteiger partial charge is 1.00 e. The molecule has 0 rings (SSSR count). The van der Waals surface area contributed by atoms with Crippen molar-refractivity contribution in [2.24, 2.45) is 0 Å². The lowest BCUT2D eigenvalue weighted by molar-refractivity contribution is -0.870. The van der Waals surface area contributed by atoms with Crippen LogP contribution in [-0.4, -0.2) is 55.8 Å². The fraction of sp³-hybridized carbons (Fsp3) is 0.750. The Morgan fingerprint density at radius 2 is 1.79 bits per heavy atom. The van der Waals surface area contributed by atoms with Crippen LogP contribution in [0, 0.1) is 0 Å². The highest BCUT2D eigenvalue weighted by Gasteiger charge is 2.11. The van der Waals surface area contributed by atoms with Gasteiger partial charge in [-0.05, 0) is 0 Å². The number of carbonyl (C=O) groups is 2. The predicted octanol–water partition coefficient (Wildman–Crippen LogP) is -3.29. The van der Waals surface area contributed by atoms with E-state index in [9.17, 15) is 9.59 Å². The number of nitrogens with zero attached hydrogens (tertiary/aromatic N) is 1. The van der Waals surface area contributed by atoms with Crippen molar-refractivity contribution >= 4 is 11.9 Å². The molecule has 0 aromatic rings. The fourth-order valence-corrected chi connectivity index (χ4v) is 0.608. The maximum Gasteiger partial charge on any atom is 0.317 e. The number of likely N-dealkylation sites (N-methyl/N-ethyl adjacent to an activating group) is 1. The van der Waals surface area contributed by atoms with Crippen molar-refractivity contribution in [1.82, 2.24) is 0 Å². The molecule has 1 N–H and O–H groups in total. The number of quaternary nitrogens is 1. The monoisotopic (exact) mass is 317 g/mol. The Labute approximate surface area is 101 Å². The first kappa shape index (κ1) is 16.1. The lowest BCUT2D eigenvalue weighted by Crippen LogP contribution is -3.00. The number of hydrogen-bond acceptors (Lipinski definition) is 3. The van der Waals surface area contributed by atoms with Gasteiger partial charge < -0.3 is 38.3 Å². The highest BCUT2D eigenvalue weighted by Crippen LogP contribution is 1.91. The molecule has 0 unspecified atom stereocenters. The molecule has 0 aromatic carbocycles. The molecule has 84 valence electrons. The zero-order valence-corrected chi connectivity index (χ0v) is 10.8. The molecule has 5 nitrogen and oxygen atoms in total. The number of carboxylic acid groups (broad SMARTS) is 1. The average Bonchev–Trinajstić information content (AvgIpc) is 1.81. The Hall–Kier alpha value is -0.370. The van der Waals surface area contributed by atoms with E-state index < -0.39 is 18.4 Å². The number of halogens is 1. The summed E-state index contributed by atoms with van der Waals surface area (Å²) < 4.78 is 5.37. The summed E-state index contributed by atoms with van der Waals surface area (Å²) >= 11 is 0. The minimum atomic E-state index is -1.16. The zero-order chi connectivity index (χ0) is 10.5. The number of carboxylic acids is 1. The number of carbonyl (C=O) groups excluding carboxylic acids is 1. The van der Waals surface area contributed by atoms with Crippen LogP contribution in [0.25, 0.3) is 0 Å². The normalized spacial score (nSPS) is 10.2. The Balaban J connectivity index is 0. The summed E-state index contributed by atoms with van der Waals surface area (Å²) in [6.07, 6.45) is -0.558. The van der Waals surface area contributed by atoms with Crippen molar-refractivity contribution < 1.29 is 47.9 Å². The highest BCUT2D eigenvalue weighted by molar-refractivity contribution is 5.90. The second-order valence-electron chi connectivity index (χ2n) is 3.80. The van der Waals surface area contributed by atoms with E-state index in [0.29, 0.717) is 11.0 Å². The van der Waals surface area contributed by atoms with Gasteiger partial charge in [0.25, 0.3) is 0 Å². The number of aliphatic carboxylic acids is 1. The van der Waals surface area contributed by atoms with Gasteiger partial charge in [-0.25, -0.2) is 0 Å². The molecule has 0 fully saturated rings. The molecule has 0 aliphatic heterocycles. The predicted molar refractivity (Wildman–Crippen MR) is 46.1 cm³/mol. The van der Waals surface area contributed by atoms with Gasteiger partial charge in [0.2, 0.25) is 0 Å². The van der Waals surface area contributed by atoms with E-state index in [0.717, 1.165) is 0 Å². The van der Waals surface area contributed by atoms with Gasteiger partial charge in [-0.2, -0.15) is 0 Å². The Bertz CT molecular complexity index is 200. The fourth-order valence-electron chi connectivity index (χ4n) is 0.608. The van der Waals surface area contributed by atoms with Crippen LogP contribution in [0.2, 0.25) is 0 Å². The molecule has 0 spiro atoms. The van der Waals surface area contributed by atoms with Crippen LogP contribution in [0.1, 0.15) is 6.42 Å². The minimum absolute atomic E-state index is 0. The third-order valence-corrected chi connectivity index (χ3v) is 1.32. The highest BCUT2D eigenvalue weighted by atomic mass is 127. The quantitative estimate of drug-likeness (QED) is 0.250. The molecule has 0 heterocycles. The topological polar surface area (TPSA) is 63.6 Å². The molecule has 0 saturated heterocycles. The molecule has 0 atom stereocenters. The summed E-state index contributed by atoms with van der Waals surface area (Å²) in [6, 6.07) is 0. The molecule has 0 bridgehead atoms. The van der Waals surface area contributed by atoms with E-state index >= 15 is 0 Å². The van der Waals surface area contributed by atoms with Gasteiger partial charge in [-0.3, -0.25) is 9.59 Å². The minimum Gasteiger partial charge on any atom is -1.00 e. The summed E-state index contributed by atoms with van der Waals surface area (Å²) in [6.45, 7) is 0.932. The molecule has 6 heteroatoms. The van der Waals surface area contributed by atoms with Gasteiger partial charge in [0.15, 0.2) is 0 Å². The summed E-state index contributed by atoms with van der Waals surface area (Å²) in [7, 11) is 5.89. The molecular weight excluding hydrogens is 301 g/mol. The Morgan fingerprint density at radius 1 is 1.29 bits per heavy atom. The van der Waals surface area contributed by atoms with E-state index in [4.69, 9.17) is 9.84 Å². The van der Waals surface area contributed by atoms with E-state index in [-0.39, 0.29) is 30.6 Å². The summed E-state index contributed by atoms with van der Waals surface area (Å²) in [4.78, 5) is 20.8. The van der Waals surface area contributed by atoms with E-state index in [1.807, 2.05) is 21.1 Å². The summed E-state index contributed by atoms with van der Waals surface area (Å²) in [5, 5.41) is 8.24. The SMILES string of the molecule is C[N+](C)(C)CCOC(=O)CC(=O)O.[I-]. The van der Waals surface area contributed by atoms with Gasteiger partial charge in [-0.15, -0.1) is 0 Å². The van der Waals surface area contributed by atoms with Crippen molar-refractivity contribution in [3.63, 3.8) is 0 Å². The van der Waals surface area contributed by atoms with Crippen LogP contribution >= 0.6 is 0 Å². The molecule has 0 radical (unpaired) electrons. The van der Waals surface area contributed by atoms with Crippen LogP contribution in [0.15, 0.2) is 0 Å². The van der Waals surface area contributed by atoms with Crippen molar-refractivity contribution in [2.75, 3.05) is 34.3 Å². The van der Waals surface area contributed by atoms with Crippen molar-refractivity contribution in [3.05, 3.63) is 0 Å². The molecule has 14 heavy (non-hydrogen) atoms. The average molecular weight is 317 g/mol. The Kier molecular flexibility index (Phi) is 8.03. The van der Waals surface area contributed by atoms with Crippen LogP contribution < -0.4 is 24.0 Å². The molecule has 0 amide bonds. The van der Waals surface area contributed by atoms with E-state index in [2.05, 4.69) is 0 Å². The molecular formula is C8H16INO4. The summed E-state index contributed by atoms with van der Waals surface area (Å²) in [5.74, 6) is -1.84. The van der Waals surface area contributed by atoms with Crippen LogP contribution in [0.3, 0.4) is 0 Å². The van der Waals surface area contributed by atoms with Gasteiger partial charge in [0, 0.05) is 0 Å². The van der Waals surface area contributed by atoms with Crippen LogP contribution in [-0.2, 0) is 14.3 Å². The van der Waals surface area contributed by atoms with Crippen LogP contribution in [0.4, 0.5) is 0 Å². The molecule has 0 aliphatic rings. The van der Waals surface area contributed by atoms with E-state index in [1.54, 1.807) is 0 Å². The van der Waals surface area contributed by atoms with Gasteiger partial charge in [0.1, 0.15) is 19.6 Å². The zero-order valence-electron chi connectivity index (χ0n) is 8.62. The number of ether oxygens (including phenoxy) is 1. The van der Waals surface area contributed by atoms with Crippen molar-refractivity contribution in [3.8, 4) is 0 Å². The Morgan fingerprint density at radius 3 is 2.14 bits per heavy atom. The molecule has 0 saturated carbocycles. The number of esters is 1. The van der Waals surface area contributed by atoms with Crippen molar-refractivity contribution in [2.45, 2.75) is 6.42 Å². The lowest BCUT2D eigenvalue weighted by Gasteiger charge is -2.23.